The highest BCUT2D eigenvalue weighted by atomic mass is 16.5. The lowest BCUT2D eigenvalue weighted by molar-refractivity contribution is -0.151. The Morgan fingerprint density at radius 2 is 1.81 bits per heavy atom. The van der Waals surface area contributed by atoms with Crippen LogP contribution in [0.4, 0.5) is 5.69 Å². The van der Waals surface area contributed by atoms with Crippen molar-refractivity contribution in [3.63, 3.8) is 0 Å². The maximum Gasteiger partial charge on any atom is 0.311 e. The quantitative estimate of drug-likeness (QED) is 0.665. The molecular formula is C23H25N3O5. The Labute approximate surface area is 180 Å². The summed E-state index contributed by atoms with van der Waals surface area (Å²) >= 11 is 0. The van der Waals surface area contributed by atoms with Crippen LogP contribution in [0.25, 0.3) is 0 Å². The van der Waals surface area contributed by atoms with Crippen molar-refractivity contribution in [3.05, 3.63) is 65.2 Å². The van der Waals surface area contributed by atoms with E-state index in [0.717, 1.165) is 22.6 Å². The molecule has 8 nitrogen and oxygen atoms in total. The predicted octanol–water partition coefficient (Wildman–Crippen LogP) is 2.23. The summed E-state index contributed by atoms with van der Waals surface area (Å²) in [4.78, 5) is 48.9. The van der Waals surface area contributed by atoms with Crippen LogP contribution in [0, 0.1) is 12.8 Å². The number of nitrogens with one attached hydrogen (secondary N) is 2. The number of ether oxygens (including phenoxy) is 1. The molecule has 1 fully saturated rings. The van der Waals surface area contributed by atoms with Gasteiger partial charge in [0.2, 0.25) is 5.91 Å². The molecule has 0 bridgehead atoms. The van der Waals surface area contributed by atoms with Gasteiger partial charge in [-0.05, 0) is 37.1 Å². The molecule has 2 aromatic rings. The molecular weight excluding hydrogens is 398 g/mol. The third-order valence-corrected chi connectivity index (χ3v) is 5.03. The zero-order valence-corrected chi connectivity index (χ0v) is 17.5. The van der Waals surface area contributed by atoms with Gasteiger partial charge in [0.05, 0.1) is 12.5 Å². The van der Waals surface area contributed by atoms with Crippen LogP contribution < -0.4 is 10.7 Å². The molecule has 0 spiro atoms. The fourth-order valence-corrected chi connectivity index (χ4v) is 3.26. The number of anilines is 1. The molecule has 1 aliphatic rings. The SMILES string of the molecule is CCc1ccccc1NC(=O)COC(=O)[C@@H]1CC(=O)N(NC(=O)c2ccc(C)cc2)C1. The molecule has 1 saturated heterocycles. The fraction of sp³-hybridized carbons (Fsp3) is 0.304. The van der Waals surface area contributed by atoms with Crippen LogP contribution in [0.1, 0.15) is 34.8 Å². The summed E-state index contributed by atoms with van der Waals surface area (Å²) < 4.78 is 5.09. The number of carbonyl (C=O) groups is 4. The van der Waals surface area contributed by atoms with E-state index in [1.54, 1.807) is 30.3 Å². The molecule has 0 radical (unpaired) electrons. The topological polar surface area (TPSA) is 105 Å². The van der Waals surface area contributed by atoms with E-state index in [1.165, 1.54) is 0 Å². The molecule has 0 aliphatic carbocycles. The fourth-order valence-electron chi connectivity index (χ4n) is 3.26. The Kier molecular flexibility index (Phi) is 7.02. The number of amides is 3. The van der Waals surface area contributed by atoms with E-state index >= 15 is 0 Å². The van der Waals surface area contributed by atoms with Crippen molar-refractivity contribution < 1.29 is 23.9 Å². The number of hydrogen-bond donors (Lipinski definition) is 2. The second-order valence-electron chi connectivity index (χ2n) is 7.38. The Morgan fingerprint density at radius 1 is 1.10 bits per heavy atom. The molecule has 1 atom stereocenters. The number of para-hydroxylation sites is 1. The molecule has 2 aromatic carbocycles. The van der Waals surface area contributed by atoms with Gasteiger partial charge in [0.1, 0.15) is 0 Å². The van der Waals surface area contributed by atoms with E-state index in [1.807, 2.05) is 32.0 Å². The molecule has 31 heavy (non-hydrogen) atoms. The van der Waals surface area contributed by atoms with Crippen LogP contribution in [0.3, 0.4) is 0 Å². The summed E-state index contributed by atoms with van der Waals surface area (Å²) in [6.07, 6.45) is 0.665. The normalized spacial score (nSPS) is 15.5. The van der Waals surface area contributed by atoms with Crippen molar-refractivity contribution in [2.45, 2.75) is 26.7 Å². The summed E-state index contributed by atoms with van der Waals surface area (Å²) in [5, 5.41) is 3.84. The van der Waals surface area contributed by atoms with Gasteiger partial charge in [0.25, 0.3) is 11.8 Å². The molecule has 0 saturated carbocycles. The average molecular weight is 423 g/mol. The van der Waals surface area contributed by atoms with Crippen LogP contribution >= 0.6 is 0 Å². The van der Waals surface area contributed by atoms with Gasteiger partial charge in [0.15, 0.2) is 6.61 Å². The molecule has 0 unspecified atom stereocenters. The van der Waals surface area contributed by atoms with Crippen LogP contribution in [0.15, 0.2) is 48.5 Å². The summed E-state index contributed by atoms with van der Waals surface area (Å²) in [6, 6.07) is 14.3. The number of esters is 1. The molecule has 162 valence electrons. The number of rotatable bonds is 7. The third kappa shape index (κ3) is 5.69. The maximum atomic E-state index is 12.3. The number of aryl methyl sites for hydroxylation is 2. The first-order chi connectivity index (χ1) is 14.9. The Balaban J connectivity index is 1.49. The second kappa shape index (κ2) is 9.88. The minimum Gasteiger partial charge on any atom is -0.455 e. The Hall–Kier alpha value is -3.68. The molecule has 8 heteroatoms. The number of hydrazine groups is 1. The van der Waals surface area contributed by atoms with Crippen LogP contribution in [-0.4, -0.2) is 41.9 Å². The highest BCUT2D eigenvalue weighted by molar-refractivity contribution is 5.97. The number of carbonyl (C=O) groups excluding carboxylic acids is 4. The van der Waals surface area contributed by atoms with E-state index in [4.69, 9.17) is 4.74 Å². The summed E-state index contributed by atoms with van der Waals surface area (Å²) in [6.45, 7) is 3.43. The lowest BCUT2D eigenvalue weighted by Gasteiger charge is -2.17. The van der Waals surface area contributed by atoms with Crippen molar-refractivity contribution in [1.82, 2.24) is 10.4 Å². The van der Waals surface area contributed by atoms with Gasteiger partial charge in [-0.3, -0.25) is 29.6 Å². The largest absolute Gasteiger partial charge is 0.455 e. The van der Waals surface area contributed by atoms with Crippen molar-refractivity contribution in [1.29, 1.82) is 0 Å². The van der Waals surface area contributed by atoms with E-state index < -0.39 is 30.3 Å². The summed E-state index contributed by atoms with van der Waals surface area (Å²) in [5.74, 6) is -2.68. The van der Waals surface area contributed by atoms with Gasteiger partial charge in [-0.15, -0.1) is 0 Å². The van der Waals surface area contributed by atoms with E-state index in [-0.39, 0.29) is 18.9 Å². The maximum absolute atomic E-state index is 12.3. The number of hydrogen-bond acceptors (Lipinski definition) is 5. The second-order valence-corrected chi connectivity index (χ2v) is 7.38. The van der Waals surface area contributed by atoms with Crippen LogP contribution in [-0.2, 0) is 25.5 Å². The lowest BCUT2D eigenvalue weighted by Crippen LogP contribution is -2.43. The van der Waals surface area contributed by atoms with E-state index in [9.17, 15) is 19.2 Å². The monoisotopic (exact) mass is 423 g/mol. The lowest BCUT2D eigenvalue weighted by atomic mass is 10.1. The molecule has 1 heterocycles. The molecule has 2 N–H and O–H groups in total. The molecule has 3 amide bonds. The summed E-state index contributed by atoms with van der Waals surface area (Å²) in [5.41, 5.74) is 5.59. The highest BCUT2D eigenvalue weighted by Gasteiger charge is 2.36. The van der Waals surface area contributed by atoms with Crippen molar-refractivity contribution >= 4 is 29.4 Å². The van der Waals surface area contributed by atoms with Gasteiger partial charge < -0.3 is 10.1 Å². The van der Waals surface area contributed by atoms with Gasteiger partial charge >= 0.3 is 5.97 Å². The van der Waals surface area contributed by atoms with Gasteiger partial charge in [-0.25, -0.2) is 0 Å². The predicted molar refractivity (Wildman–Crippen MR) is 114 cm³/mol. The third-order valence-electron chi connectivity index (χ3n) is 5.03. The Bertz CT molecular complexity index is 987. The standard InChI is InChI=1S/C23H25N3O5/c1-3-16-6-4-5-7-19(16)24-20(27)14-31-23(30)18-12-21(28)26(13-18)25-22(29)17-10-8-15(2)9-11-17/h4-11,18H,3,12-14H2,1-2H3,(H,24,27)(H,25,29)/t18-/m1/s1. The number of nitrogens with zero attached hydrogens (tertiary/aromatic N) is 1. The first-order valence-electron chi connectivity index (χ1n) is 10.1. The average Bonchev–Trinajstić information content (AvgIpc) is 3.13. The van der Waals surface area contributed by atoms with E-state index in [2.05, 4.69) is 10.7 Å². The molecule has 3 rings (SSSR count). The van der Waals surface area contributed by atoms with Gasteiger partial charge in [-0.2, -0.15) is 0 Å². The zero-order chi connectivity index (χ0) is 22.4. The molecule has 1 aliphatic heterocycles. The Morgan fingerprint density at radius 3 is 2.52 bits per heavy atom. The van der Waals surface area contributed by atoms with Crippen molar-refractivity contribution in [3.8, 4) is 0 Å². The van der Waals surface area contributed by atoms with Gasteiger partial charge in [0, 0.05) is 17.7 Å². The van der Waals surface area contributed by atoms with Crippen LogP contribution in [0.5, 0.6) is 0 Å². The zero-order valence-electron chi connectivity index (χ0n) is 17.5. The molecule has 0 aromatic heterocycles. The smallest absolute Gasteiger partial charge is 0.311 e. The first-order valence-corrected chi connectivity index (χ1v) is 10.1. The highest BCUT2D eigenvalue weighted by Crippen LogP contribution is 2.19. The first kappa shape index (κ1) is 22.0. The summed E-state index contributed by atoms with van der Waals surface area (Å²) in [7, 11) is 0. The van der Waals surface area contributed by atoms with Crippen LogP contribution in [0.2, 0.25) is 0 Å². The minimum atomic E-state index is -0.749. The van der Waals surface area contributed by atoms with Crippen molar-refractivity contribution in [2.24, 2.45) is 5.92 Å². The van der Waals surface area contributed by atoms with E-state index in [0.29, 0.717) is 11.3 Å². The minimum absolute atomic E-state index is 0.00441. The van der Waals surface area contributed by atoms with Gasteiger partial charge in [-0.1, -0.05) is 42.8 Å². The number of benzene rings is 2. The van der Waals surface area contributed by atoms with Crippen molar-refractivity contribution in [2.75, 3.05) is 18.5 Å².